The number of hydrogen-bond donors (Lipinski definition) is 2. The van der Waals surface area contributed by atoms with Crippen molar-refractivity contribution in [2.75, 3.05) is 50.6 Å². The number of anilines is 2. The maximum atomic E-state index is 13.1. The molecule has 37 heavy (non-hydrogen) atoms. The molecular weight excluding hydrogens is 492 g/mol. The topological polar surface area (TPSA) is 108 Å². The summed E-state index contributed by atoms with van der Waals surface area (Å²) < 4.78 is 5.25. The van der Waals surface area contributed by atoms with Gasteiger partial charge in [-0.2, -0.15) is 4.98 Å². The number of carbonyl (C=O) groups excluding carboxylic acids is 1. The van der Waals surface area contributed by atoms with E-state index in [9.17, 15) is 4.79 Å². The fraction of sp³-hybridized carbons (Fsp3) is 0.423. The van der Waals surface area contributed by atoms with Crippen LogP contribution in [0.3, 0.4) is 0 Å². The molecule has 1 atom stereocenters. The molecule has 0 saturated carbocycles. The summed E-state index contributed by atoms with van der Waals surface area (Å²) in [5.41, 5.74) is 1.58. The van der Waals surface area contributed by atoms with E-state index in [1.54, 1.807) is 31.8 Å². The molecule has 194 valence electrons. The highest BCUT2D eigenvalue weighted by Gasteiger charge is 2.43. The molecule has 0 aliphatic carbocycles. The Morgan fingerprint density at radius 3 is 2.68 bits per heavy atom. The van der Waals surface area contributed by atoms with E-state index in [1.807, 2.05) is 18.2 Å². The summed E-state index contributed by atoms with van der Waals surface area (Å²) in [6.45, 7) is 4.67. The van der Waals surface area contributed by atoms with E-state index in [0.717, 1.165) is 38.2 Å². The van der Waals surface area contributed by atoms with Gasteiger partial charge >= 0.3 is 0 Å². The minimum absolute atomic E-state index is 0.205. The van der Waals surface area contributed by atoms with Crippen molar-refractivity contribution in [2.45, 2.75) is 25.9 Å². The van der Waals surface area contributed by atoms with Crippen LogP contribution in [0.15, 0.2) is 42.9 Å². The third-order valence-corrected chi connectivity index (χ3v) is 7.37. The molecule has 2 fully saturated rings. The van der Waals surface area contributed by atoms with Crippen LogP contribution < -0.4 is 20.3 Å². The maximum Gasteiger partial charge on any atom is 0.256 e. The van der Waals surface area contributed by atoms with Gasteiger partial charge in [0.05, 0.1) is 18.7 Å². The molecule has 3 aromatic rings. The number of ether oxygens (including phenoxy) is 1. The molecule has 0 radical (unpaired) electrons. The van der Waals surface area contributed by atoms with Gasteiger partial charge in [-0.15, -0.1) is 0 Å². The molecule has 2 aliphatic rings. The first-order chi connectivity index (χ1) is 17.9. The molecule has 5 rings (SSSR count). The lowest BCUT2D eigenvalue weighted by molar-refractivity contribution is 0.0950. The van der Waals surface area contributed by atoms with E-state index in [0.29, 0.717) is 40.5 Å². The normalized spacial score (nSPS) is 19.4. The van der Waals surface area contributed by atoms with E-state index in [-0.39, 0.29) is 17.9 Å². The van der Waals surface area contributed by atoms with Gasteiger partial charge in [0.2, 0.25) is 5.95 Å². The summed E-state index contributed by atoms with van der Waals surface area (Å²) in [5.74, 6) is 1.93. The van der Waals surface area contributed by atoms with E-state index in [4.69, 9.17) is 21.3 Å². The minimum atomic E-state index is -0.301. The summed E-state index contributed by atoms with van der Waals surface area (Å²) in [6.07, 6.45) is 7.19. The van der Waals surface area contributed by atoms with Gasteiger partial charge in [0.15, 0.2) is 0 Å². The number of amides is 1. The molecule has 1 unspecified atom stereocenters. The Morgan fingerprint density at radius 1 is 1.14 bits per heavy atom. The lowest BCUT2D eigenvalue weighted by Gasteiger charge is -2.24. The Labute approximate surface area is 221 Å². The zero-order valence-corrected chi connectivity index (χ0v) is 21.8. The van der Waals surface area contributed by atoms with Crippen LogP contribution in [0.1, 0.15) is 34.6 Å². The highest BCUT2D eigenvalue weighted by atomic mass is 35.5. The molecule has 1 aromatic carbocycles. The maximum absolute atomic E-state index is 13.1. The van der Waals surface area contributed by atoms with Gasteiger partial charge in [-0.1, -0.05) is 17.7 Å². The number of halogens is 1. The number of likely N-dealkylation sites (tertiary alicyclic amines) is 1. The van der Waals surface area contributed by atoms with Crippen LogP contribution in [-0.4, -0.2) is 71.1 Å². The molecule has 2 N–H and O–H groups in total. The predicted molar refractivity (Wildman–Crippen MR) is 142 cm³/mol. The smallest absolute Gasteiger partial charge is 0.256 e. The summed E-state index contributed by atoms with van der Waals surface area (Å²) in [6, 6.07) is 7.31. The molecule has 2 aromatic heterocycles. The van der Waals surface area contributed by atoms with E-state index in [2.05, 4.69) is 42.4 Å². The molecule has 2 saturated heterocycles. The first-order valence-corrected chi connectivity index (χ1v) is 12.7. The number of benzene rings is 1. The molecule has 10 nitrogen and oxygen atoms in total. The van der Waals surface area contributed by atoms with E-state index < -0.39 is 0 Å². The first kappa shape index (κ1) is 25.2. The van der Waals surface area contributed by atoms with Gasteiger partial charge in [-0.3, -0.25) is 4.79 Å². The van der Waals surface area contributed by atoms with Crippen molar-refractivity contribution in [2.24, 2.45) is 5.41 Å². The summed E-state index contributed by atoms with van der Waals surface area (Å²) >= 11 is 6.31. The molecule has 0 bridgehead atoms. The summed E-state index contributed by atoms with van der Waals surface area (Å²) in [7, 11) is 3.76. The van der Waals surface area contributed by atoms with Crippen molar-refractivity contribution in [1.29, 1.82) is 0 Å². The Morgan fingerprint density at radius 2 is 1.95 bits per heavy atom. The van der Waals surface area contributed by atoms with Gasteiger partial charge in [-0.05, 0) is 50.2 Å². The second-order valence-electron chi connectivity index (χ2n) is 9.76. The van der Waals surface area contributed by atoms with Crippen LogP contribution in [0.5, 0.6) is 5.75 Å². The first-order valence-electron chi connectivity index (χ1n) is 12.4. The largest absolute Gasteiger partial charge is 0.495 e. The monoisotopic (exact) mass is 522 g/mol. The minimum Gasteiger partial charge on any atom is -0.495 e. The molecule has 11 heteroatoms. The van der Waals surface area contributed by atoms with Crippen LogP contribution in [0, 0.1) is 5.41 Å². The number of methoxy groups -OCH3 is 1. The SMILES string of the molecule is COc1ccc(CNc2nc(N3CCC4(CCN(C)C4)C3)ncc2C(=O)NCc2ncccn2)cc1Cl. The zero-order valence-electron chi connectivity index (χ0n) is 21.1. The van der Waals surface area contributed by atoms with Crippen LogP contribution in [0.4, 0.5) is 11.8 Å². The average Bonchev–Trinajstić information content (AvgIpc) is 3.51. The van der Waals surface area contributed by atoms with Gasteiger partial charge < -0.3 is 25.2 Å². The van der Waals surface area contributed by atoms with Gasteiger partial charge in [0, 0.05) is 50.2 Å². The van der Waals surface area contributed by atoms with Crippen molar-refractivity contribution in [3.63, 3.8) is 0 Å². The summed E-state index contributed by atoms with van der Waals surface area (Å²) in [5, 5.41) is 6.72. The Balaban J connectivity index is 1.36. The van der Waals surface area contributed by atoms with Gasteiger partial charge in [-0.25, -0.2) is 15.0 Å². The van der Waals surface area contributed by atoms with Crippen molar-refractivity contribution in [3.05, 3.63) is 64.8 Å². The fourth-order valence-corrected chi connectivity index (χ4v) is 5.39. The van der Waals surface area contributed by atoms with Crippen LogP contribution >= 0.6 is 11.6 Å². The lowest BCUT2D eigenvalue weighted by atomic mass is 9.86. The van der Waals surface area contributed by atoms with Crippen molar-refractivity contribution < 1.29 is 9.53 Å². The van der Waals surface area contributed by atoms with Crippen LogP contribution in [0.25, 0.3) is 0 Å². The standard InChI is InChI=1S/C26H31ClN8O2/c1-34-10-6-26(16-34)7-11-35(17-26)25-32-14-19(24(36)31-15-22-28-8-3-9-29-22)23(33-25)30-13-18-4-5-21(37-2)20(27)12-18/h3-5,8-9,12,14H,6-7,10-11,13,15-17H2,1-2H3,(H,31,36)(H,30,32,33). The third kappa shape index (κ3) is 5.75. The molecule has 1 amide bonds. The number of hydrogen-bond acceptors (Lipinski definition) is 9. The summed E-state index contributed by atoms with van der Waals surface area (Å²) in [4.78, 5) is 35.5. The molecule has 2 aliphatic heterocycles. The van der Waals surface area contributed by atoms with Crippen LogP contribution in [0.2, 0.25) is 5.02 Å². The Bertz CT molecular complexity index is 1260. The highest BCUT2D eigenvalue weighted by Crippen LogP contribution is 2.40. The number of aromatic nitrogens is 4. The lowest BCUT2D eigenvalue weighted by Crippen LogP contribution is -2.31. The van der Waals surface area contributed by atoms with Gasteiger partial charge in [0.25, 0.3) is 5.91 Å². The fourth-order valence-electron chi connectivity index (χ4n) is 5.10. The van der Waals surface area contributed by atoms with Crippen molar-refractivity contribution in [3.8, 4) is 5.75 Å². The number of nitrogens with zero attached hydrogens (tertiary/aromatic N) is 6. The zero-order chi connectivity index (χ0) is 25.8. The highest BCUT2D eigenvalue weighted by molar-refractivity contribution is 6.32. The Kier molecular flexibility index (Phi) is 7.38. The quantitative estimate of drug-likeness (QED) is 0.461. The number of nitrogens with one attached hydrogen (secondary N) is 2. The average molecular weight is 523 g/mol. The third-order valence-electron chi connectivity index (χ3n) is 7.07. The Hall–Kier alpha value is -3.50. The van der Waals surface area contributed by atoms with Crippen LogP contribution in [-0.2, 0) is 13.1 Å². The number of rotatable bonds is 8. The van der Waals surface area contributed by atoms with Crippen molar-refractivity contribution >= 4 is 29.3 Å². The van der Waals surface area contributed by atoms with E-state index in [1.165, 1.54) is 6.42 Å². The second kappa shape index (κ2) is 10.9. The molecular formula is C26H31ClN8O2. The van der Waals surface area contributed by atoms with Crippen molar-refractivity contribution in [1.82, 2.24) is 30.2 Å². The molecule has 4 heterocycles. The molecule has 1 spiro atoms. The predicted octanol–water partition coefficient (Wildman–Crippen LogP) is 3.00. The van der Waals surface area contributed by atoms with E-state index >= 15 is 0 Å². The van der Waals surface area contributed by atoms with Gasteiger partial charge in [0.1, 0.15) is 23.0 Å². The number of carbonyl (C=O) groups is 1. The second-order valence-corrected chi connectivity index (χ2v) is 10.2.